The molecule has 12 heteroatoms. The predicted octanol–water partition coefficient (Wildman–Crippen LogP) is 3.97. The van der Waals surface area contributed by atoms with Crippen LogP contribution in [0, 0.1) is 11.6 Å². The van der Waals surface area contributed by atoms with Crippen molar-refractivity contribution in [1.82, 2.24) is 14.2 Å². The van der Waals surface area contributed by atoms with Gasteiger partial charge < -0.3 is 9.64 Å². The van der Waals surface area contributed by atoms with Gasteiger partial charge in [0, 0.05) is 38.4 Å². The van der Waals surface area contributed by atoms with E-state index < -0.39 is 27.6 Å². The number of anilines is 1. The van der Waals surface area contributed by atoms with Crippen LogP contribution >= 0.6 is 11.3 Å². The van der Waals surface area contributed by atoms with E-state index >= 15 is 0 Å². The fraction of sp³-hybridized carbons (Fsp3) is 0.440. The molecule has 8 nitrogen and oxygen atoms in total. The molecule has 1 unspecified atom stereocenters. The summed E-state index contributed by atoms with van der Waals surface area (Å²) in [6.07, 6.45) is 2.23. The molecule has 0 radical (unpaired) electrons. The summed E-state index contributed by atoms with van der Waals surface area (Å²) in [6.45, 7) is 1.89. The molecule has 4 rings (SSSR count). The van der Waals surface area contributed by atoms with Crippen molar-refractivity contribution in [3.63, 3.8) is 0 Å². The third kappa shape index (κ3) is 6.32. The predicted molar refractivity (Wildman–Crippen MR) is 140 cm³/mol. The first-order valence-corrected chi connectivity index (χ1v) is 14.2. The Bertz CT molecular complexity index is 1360. The van der Waals surface area contributed by atoms with Gasteiger partial charge in [-0.25, -0.2) is 22.2 Å². The van der Waals surface area contributed by atoms with Gasteiger partial charge in [0.25, 0.3) is 5.91 Å². The van der Waals surface area contributed by atoms with Crippen LogP contribution in [0.2, 0.25) is 0 Å². The van der Waals surface area contributed by atoms with Crippen molar-refractivity contribution in [1.29, 1.82) is 0 Å². The van der Waals surface area contributed by atoms with Crippen molar-refractivity contribution in [2.24, 2.45) is 0 Å². The first kappa shape index (κ1) is 27.5. The van der Waals surface area contributed by atoms with E-state index in [-0.39, 0.29) is 33.8 Å². The molecule has 3 aromatic rings. The van der Waals surface area contributed by atoms with Gasteiger partial charge in [0.05, 0.1) is 15.7 Å². The van der Waals surface area contributed by atoms with Gasteiger partial charge in [-0.05, 0) is 70.2 Å². The van der Waals surface area contributed by atoms with Gasteiger partial charge in [-0.3, -0.25) is 9.69 Å². The van der Waals surface area contributed by atoms with Crippen molar-refractivity contribution in [2.45, 2.75) is 30.3 Å². The summed E-state index contributed by atoms with van der Waals surface area (Å²) in [5, 5.41) is 0.247. The minimum absolute atomic E-state index is 0.00234. The van der Waals surface area contributed by atoms with E-state index in [0.717, 1.165) is 30.2 Å². The van der Waals surface area contributed by atoms with Crippen molar-refractivity contribution < 1.29 is 26.7 Å². The van der Waals surface area contributed by atoms with Crippen LogP contribution in [-0.2, 0) is 14.8 Å². The molecule has 0 bridgehead atoms. The number of likely N-dealkylation sites (N-methyl/N-ethyl adjacent to an activating group) is 1. The Kier molecular flexibility index (Phi) is 8.54. The Labute approximate surface area is 219 Å². The Morgan fingerprint density at radius 2 is 1.86 bits per heavy atom. The average molecular weight is 553 g/mol. The van der Waals surface area contributed by atoms with Gasteiger partial charge in [0.15, 0.2) is 10.9 Å². The minimum Gasteiger partial charge on any atom is -0.377 e. The first-order chi connectivity index (χ1) is 17.6. The maximum absolute atomic E-state index is 14.3. The number of halogens is 2. The fourth-order valence-electron chi connectivity index (χ4n) is 4.17. The molecule has 1 saturated heterocycles. The molecule has 2 aromatic carbocycles. The lowest BCUT2D eigenvalue weighted by Gasteiger charge is -2.22. The van der Waals surface area contributed by atoms with Gasteiger partial charge in [0.2, 0.25) is 10.0 Å². The first-order valence-electron chi connectivity index (χ1n) is 12.0. The Hall–Kier alpha value is -2.51. The van der Waals surface area contributed by atoms with Gasteiger partial charge >= 0.3 is 0 Å². The Morgan fingerprint density at radius 3 is 2.51 bits per heavy atom. The molecule has 200 valence electrons. The Balaban J connectivity index is 1.58. The van der Waals surface area contributed by atoms with E-state index in [9.17, 15) is 22.0 Å². The van der Waals surface area contributed by atoms with E-state index in [2.05, 4.69) is 4.98 Å². The number of ether oxygens (including phenoxy) is 1. The second-order valence-corrected chi connectivity index (χ2v) is 12.3. The number of sulfonamides is 1. The maximum Gasteiger partial charge on any atom is 0.260 e. The van der Waals surface area contributed by atoms with E-state index in [4.69, 9.17) is 4.74 Å². The monoisotopic (exact) mass is 552 g/mol. The topological polar surface area (TPSA) is 83.1 Å². The fourth-order valence-corrected chi connectivity index (χ4v) is 6.40. The smallest absolute Gasteiger partial charge is 0.260 e. The van der Waals surface area contributed by atoms with E-state index in [1.807, 2.05) is 19.0 Å². The van der Waals surface area contributed by atoms with Crippen LogP contribution in [0.15, 0.2) is 41.3 Å². The van der Waals surface area contributed by atoms with Crippen molar-refractivity contribution >= 4 is 42.6 Å². The molecule has 0 aliphatic carbocycles. The lowest BCUT2D eigenvalue weighted by molar-refractivity contribution is 0.0978. The number of amides is 1. The lowest BCUT2D eigenvalue weighted by atomic mass is 10.2. The van der Waals surface area contributed by atoms with Crippen LogP contribution in [0.5, 0.6) is 0 Å². The summed E-state index contributed by atoms with van der Waals surface area (Å²) in [5.41, 5.74) is 0.263. The maximum atomic E-state index is 14.3. The number of thiazole rings is 1. The highest BCUT2D eigenvalue weighted by Gasteiger charge is 2.27. The standard InChI is InChI=1S/C25H30F2N4O4S2/c1-29(2)11-5-12-31(25-28-23-21(27)14-18(26)15-22(23)36-25)24(32)17-7-9-20(10-8-17)37(33,34)30(3)16-19-6-4-13-35-19/h7-10,14-15,19H,4-6,11-13,16H2,1-3H3. The number of benzene rings is 2. The van der Waals surface area contributed by atoms with Crippen LogP contribution in [0.4, 0.5) is 13.9 Å². The van der Waals surface area contributed by atoms with Crippen molar-refractivity contribution in [2.75, 3.05) is 52.3 Å². The Morgan fingerprint density at radius 1 is 1.14 bits per heavy atom. The normalized spacial score (nSPS) is 16.2. The third-order valence-corrected chi connectivity index (χ3v) is 9.02. The van der Waals surface area contributed by atoms with Crippen LogP contribution in [-0.4, -0.2) is 82.0 Å². The zero-order chi connectivity index (χ0) is 26.7. The zero-order valence-corrected chi connectivity index (χ0v) is 22.6. The van der Waals surface area contributed by atoms with Crippen LogP contribution in [0.1, 0.15) is 29.6 Å². The largest absolute Gasteiger partial charge is 0.377 e. The number of fused-ring (bicyclic) bond motifs is 1. The van der Waals surface area contributed by atoms with Gasteiger partial charge in [-0.15, -0.1) is 0 Å². The van der Waals surface area contributed by atoms with E-state index in [1.54, 1.807) is 0 Å². The zero-order valence-electron chi connectivity index (χ0n) is 21.0. The molecule has 1 aliphatic rings. The highest BCUT2D eigenvalue weighted by molar-refractivity contribution is 7.89. The number of hydrogen-bond donors (Lipinski definition) is 0. The number of aromatic nitrogens is 1. The van der Waals surface area contributed by atoms with Crippen molar-refractivity contribution in [3.05, 3.63) is 53.6 Å². The highest BCUT2D eigenvalue weighted by atomic mass is 32.2. The molecule has 2 heterocycles. The van der Waals surface area contributed by atoms with Crippen LogP contribution in [0.25, 0.3) is 10.2 Å². The minimum atomic E-state index is -3.76. The molecule has 1 aromatic heterocycles. The molecule has 1 aliphatic heterocycles. The molecule has 0 N–H and O–H groups in total. The van der Waals surface area contributed by atoms with Gasteiger partial charge in [-0.2, -0.15) is 4.31 Å². The van der Waals surface area contributed by atoms with Crippen LogP contribution in [0.3, 0.4) is 0 Å². The molecule has 0 spiro atoms. The number of hydrogen-bond acceptors (Lipinski definition) is 7. The van der Waals surface area contributed by atoms with Gasteiger partial charge in [0.1, 0.15) is 11.3 Å². The summed E-state index contributed by atoms with van der Waals surface area (Å²) in [7, 11) is 1.58. The lowest BCUT2D eigenvalue weighted by Crippen LogP contribution is -2.34. The second-order valence-electron chi connectivity index (χ2n) is 9.29. The summed E-state index contributed by atoms with van der Waals surface area (Å²) >= 11 is 1.03. The summed E-state index contributed by atoms with van der Waals surface area (Å²) < 4.78 is 61.1. The quantitative estimate of drug-likeness (QED) is 0.379. The summed E-state index contributed by atoms with van der Waals surface area (Å²) in [6, 6.07) is 7.68. The number of carbonyl (C=O) groups excluding carboxylic acids is 1. The number of rotatable bonds is 10. The molecule has 1 atom stereocenters. The number of carbonyl (C=O) groups is 1. The molecule has 37 heavy (non-hydrogen) atoms. The SMILES string of the molecule is CN(C)CCCN(C(=O)c1ccc(S(=O)(=O)N(C)CC2CCCO2)cc1)c1nc2c(F)cc(F)cc2s1. The van der Waals surface area contributed by atoms with E-state index in [0.29, 0.717) is 30.8 Å². The third-order valence-electron chi connectivity index (χ3n) is 6.16. The molecule has 1 amide bonds. The van der Waals surface area contributed by atoms with Gasteiger partial charge in [-0.1, -0.05) is 11.3 Å². The molecular formula is C25H30F2N4O4S2. The molecule has 0 saturated carbocycles. The van der Waals surface area contributed by atoms with Crippen LogP contribution < -0.4 is 4.90 Å². The number of nitrogens with zero attached hydrogens (tertiary/aromatic N) is 4. The van der Waals surface area contributed by atoms with Crippen molar-refractivity contribution in [3.8, 4) is 0 Å². The summed E-state index contributed by atoms with van der Waals surface area (Å²) in [5.74, 6) is -1.91. The summed E-state index contributed by atoms with van der Waals surface area (Å²) in [4.78, 5) is 21.3. The molecular weight excluding hydrogens is 522 g/mol. The second kappa shape index (κ2) is 11.5. The average Bonchev–Trinajstić information content (AvgIpc) is 3.51. The van der Waals surface area contributed by atoms with E-state index in [1.165, 1.54) is 46.6 Å². The molecule has 1 fully saturated rings. The highest BCUT2D eigenvalue weighted by Crippen LogP contribution is 2.32.